The van der Waals surface area contributed by atoms with E-state index in [4.69, 9.17) is 5.26 Å². The zero-order valence-electron chi connectivity index (χ0n) is 10.7. The van der Waals surface area contributed by atoms with Crippen LogP contribution < -0.4 is 5.32 Å². The van der Waals surface area contributed by atoms with Gasteiger partial charge in [0, 0.05) is 0 Å². The Hall–Kier alpha value is -1.33. The number of hydrogen-bond donors (Lipinski definition) is 1. The maximum atomic E-state index is 9.11. The van der Waals surface area contributed by atoms with Crippen LogP contribution in [-0.2, 0) is 5.41 Å². The summed E-state index contributed by atoms with van der Waals surface area (Å²) < 4.78 is 0. The normalized spacial score (nSPS) is 17.7. The summed E-state index contributed by atoms with van der Waals surface area (Å²) in [4.78, 5) is 0. The van der Waals surface area contributed by atoms with Gasteiger partial charge in [-0.2, -0.15) is 5.26 Å². The second-order valence-electron chi connectivity index (χ2n) is 5.38. The molecule has 0 aliphatic carbocycles. The summed E-state index contributed by atoms with van der Waals surface area (Å²) in [6.45, 7) is 6.17. The lowest BCUT2D eigenvalue weighted by molar-refractivity contribution is 0.460. The highest BCUT2D eigenvalue weighted by molar-refractivity contribution is 5.34. The molecule has 0 aromatic heterocycles. The van der Waals surface area contributed by atoms with Crippen LogP contribution in [0.1, 0.15) is 43.7 Å². The topological polar surface area (TPSA) is 35.8 Å². The third-order valence-corrected chi connectivity index (χ3v) is 3.72. The Labute approximate surface area is 104 Å². The number of hydrogen-bond acceptors (Lipinski definition) is 2. The van der Waals surface area contributed by atoms with E-state index in [9.17, 15) is 0 Å². The smallest absolute Gasteiger partial charge is 0.0766 e. The van der Waals surface area contributed by atoms with E-state index in [2.05, 4.69) is 35.7 Å². The van der Waals surface area contributed by atoms with E-state index in [0.29, 0.717) is 5.92 Å². The van der Waals surface area contributed by atoms with E-state index in [-0.39, 0.29) is 5.41 Å². The largest absolute Gasteiger partial charge is 0.317 e. The molecule has 2 heteroatoms. The molecular formula is C15H20N2. The average molecular weight is 228 g/mol. The first-order valence-corrected chi connectivity index (χ1v) is 6.36. The molecule has 0 amide bonds. The van der Waals surface area contributed by atoms with Crippen LogP contribution in [0.15, 0.2) is 24.3 Å². The highest BCUT2D eigenvalue weighted by Crippen LogP contribution is 2.28. The van der Waals surface area contributed by atoms with Gasteiger partial charge in [0.05, 0.1) is 11.5 Å². The van der Waals surface area contributed by atoms with Gasteiger partial charge in [0.25, 0.3) is 0 Å². The summed E-state index contributed by atoms with van der Waals surface area (Å²) in [5.74, 6) is 0.690. The minimum absolute atomic E-state index is 0.382. The highest BCUT2D eigenvalue weighted by Gasteiger charge is 2.20. The summed E-state index contributed by atoms with van der Waals surface area (Å²) in [5, 5.41) is 12.5. The third-order valence-electron chi connectivity index (χ3n) is 3.72. The Morgan fingerprint density at radius 3 is 2.29 bits per heavy atom. The Kier molecular flexibility index (Phi) is 3.49. The zero-order chi connectivity index (χ0) is 12.3. The summed E-state index contributed by atoms with van der Waals surface area (Å²) in [6.07, 6.45) is 2.45. The van der Waals surface area contributed by atoms with Crippen LogP contribution in [0.5, 0.6) is 0 Å². The first kappa shape index (κ1) is 12.1. The van der Waals surface area contributed by atoms with Gasteiger partial charge in [-0.05, 0) is 56.8 Å². The number of rotatable bonds is 2. The van der Waals surface area contributed by atoms with Crippen molar-refractivity contribution in [1.29, 1.82) is 5.26 Å². The molecule has 1 fully saturated rings. The summed E-state index contributed by atoms with van der Waals surface area (Å²) >= 11 is 0. The van der Waals surface area contributed by atoms with Gasteiger partial charge in [0.2, 0.25) is 0 Å². The van der Waals surface area contributed by atoms with Crippen molar-refractivity contribution in [1.82, 2.24) is 5.32 Å². The van der Waals surface area contributed by atoms with E-state index < -0.39 is 0 Å². The van der Waals surface area contributed by atoms with Crippen molar-refractivity contribution in [3.05, 3.63) is 35.4 Å². The first-order valence-electron chi connectivity index (χ1n) is 6.36. The fourth-order valence-electron chi connectivity index (χ4n) is 2.39. The molecule has 1 aromatic rings. The molecule has 17 heavy (non-hydrogen) atoms. The van der Waals surface area contributed by atoms with Crippen LogP contribution >= 0.6 is 0 Å². The SMILES string of the molecule is CC(C)(C#N)c1ccc(C2CCNCC2)cc1. The highest BCUT2D eigenvalue weighted by atomic mass is 14.9. The molecule has 2 rings (SSSR count). The number of nitriles is 1. The molecule has 90 valence electrons. The van der Waals surface area contributed by atoms with E-state index in [1.54, 1.807) is 0 Å². The van der Waals surface area contributed by atoms with Gasteiger partial charge in [0.1, 0.15) is 0 Å². The molecule has 1 heterocycles. The van der Waals surface area contributed by atoms with Gasteiger partial charge in [-0.15, -0.1) is 0 Å². The van der Waals surface area contributed by atoms with Gasteiger partial charge < -0.3 is 5.32 Å². The second-order valence-corrected chi connectivity index (χ2v) is 5.38. The van der Waals surface area contributed by atoms with E-state index in [1.807, 2.05) is 13.8 Å². The maximum Gasteiger partial charge on any atom is 0.0766 e. The van der Waals surface area contributed by atoms with Gasteiger partial charge in [-0.1, -0.05) is 24.3 Å². The quantitative estimate of drug-likeness (QED) is 0.844. The lowest BCUT2D eigenvalue weighted by Gasteiger charge is -2.24. The lowest BCUT2D eigenvalue weighted by atomic mass is 9.83. The molecule has 0 atom stereocenters. The monoisotopic (exact) mass is 228 g/mol. The molecule has 1 aliphatic heterocycles. The van der Waals surface area contributed by atoms with Crippen LogP contribution in [-0.4, -0.2) is 13.1 Å². The molecule has 2 nitrogen and oxygen atoms in total. The third kappa shape index (κ3) is 2.68. The van der Waals surface area contributed by atoms with Crippen LogP contribution in [0, 0.1) is 11.3 Å². The minimum atomic E-state index is -0.382. The Morgan fingerprint density at radius 1 is 1.18 bits per heavy atom. The zero-order valence-corrected chi connectivity index (χ0v) is 10.7. The Bertz CT molecular complexity index is 406. The van der Waals surface area contributed by atoms with Gasteiger partial charge in [-0.3, -0.25) is 0 Å². The number of nitrogens with one attached hydrogen (secondary N) is 1. The molecule has 0 spiro atoms. The van der Waals surface area contributed by atoms with Crippen LogP contribution in [0.3, 0.4) is 0 Å². The molecule has 1 saturated heterocycles. The van der Waals surface area contributed by atoms with Crippen LogP contribution in [0.4, 0.5) is 0 Å². The van der Waals surface area contributed by atoms with Crippen molar-refractivity contribution in [2.45, 2.75) is 38.0 Å². The fraction of sp³-hybridized carbons (Fsp3) is 0.533. The van der Waals surface area contributed by atoms with E-state index >= 15 is 0 Å². The van der Waals surface area contributed by atoms with Crippen molar-refractivity contribution in [3.8, 4) is 6.07 Å². The standard InChI is InChI=1S/C15H20N2/c1-15(2,11-16)14-5-3-12(4-6-14)13-7-9-17-10-8-13/h3-6,13,17H,7-10H2,1-2H3. The molecule has 1 N–H and O–H groups in total. The molecule has 0 unspecified atom stereocenters. The Balaban J connectivity index is 2.15. The van der Waals surface area contributed by atoms with E-state index in [1.165, 1.54) is 18.4 Å². The summed E-state index contributed by atoms with van der Waals surface area (Å²) in [5.41, 5.74) is 2.15. The van der Waals surface area contributed by atoms with Crippen molar-refractivity contribution >= 4 is 0 Å². The van der Waals surface area contributed by atoms with Gasteiger partial charge in [0.15, 0.2) is 0 Å². The molecule has 0 bridgehead atoms. The fourth-order valence-corrected chi connectivity index (χ4v) is 2.39. The second kappa shape index (κ2) is 4.89. The molecule has 1 aliphatic rings. The average Bonchev–Trinajstić information content (AvgIpc) is 2.40. The predicted molar refractivity (Wildman–Crippen MR) is 69.9 cm³/mol. The van der Waals surface area contributed by atoms with Gasteiger partial charge >= 0.3 is 0 Å². The van der Waals surface area contributed by atoms with Crippen molar-refractivity contribution in [2.75, 3.05) is 13.1 Å². The summed E-state index contributed by atoms with van der Waals surface area (Å²) in [6, 6.07) is 11.0. The molecular weight excluding hydrogens is 208 g/mol. The van der Waals surface area contributed by atoms with Crippen molar-refractivity contribution in [2.24, 2.45) is 0 Å². The number of nitrogens with zero attached hydrogens (tertiary/aromatic N) is 1. The number of piperidine rings is 1. The van der Waals surface area contributed by atoms with Crippen molar-refractivity contribution in [3.63, 3.8) is 0 Å². The molecule has 0 radical (unpaired) electrons. The minimum Gasteiger partial charge on any atom is -0.317 e. The van der Waals surface area contributed by atoms with E-state index in [0.717, 1.165) is 18.7 Å². The van der Waals surface area contributed by atoms with Gasteiger partial charge in [-0.25, -0.2) is 0 Å². The summed E-state index contributed by atoms with van der Waals surface area (Å²) in [7, 11) is 0. The van der Waals surface area contributed by atoms with Crippen molar-refractivity contribution < 1.29 is 0 Å². The van der Waals surface area contributed by atoms with Crippen LogP contribution in [0.2, 0.25) is 0 Å². The predicted octanol–water partition coefficient (Wildman–Crippen LogP) is 2.95. The maximum absolute atomic E-state index is 9.11. The molecule has 1 aromatic carbocycles. The molecule has 0 saturated carbocycles. The Morgan fingerprint density at radius 2 is 1.76 bits per heavy atom. The number of benzene rings is 1. The first-order chi connectivity index (χ1) is 8.13. The lowest BCUT2D eigenvalue weighted by Crippen LogP contribution is -2.26. The van der Waals surface area contributed by atoms with Crippen LogP contribution in [0.25, 0.3) is 0 Å².